The summed E-state index contributed by atoms with van der Waals surface area (Å²) in [6.07, 6.45) is -1.82. The van der Waals surface area contributed by atoms with E-state index in [1.807, 2.05) is 30.3 Å². The van der Waals surface area contributed by atoms with Crippen molar-refractivity contribution in [2.75, 3.05) is 20.8 Å². The van der Waals surface area contributed by atoms with Gasteiger partial charge in [0, 0.05) is 14.2 Å². The second kappa shape index (κ2) is 10.7. The average molecular weight is 382 g/mol. The highest BCUT2D eigenvalue weighted by atomic mass is 16.7. The Balaban J connectivity index is 2.18. The van der Waals surface area contributed by atoms with Gasteiger partial charge in [-0.3, -0.25) is 0 Å². The standard InChI is InChI=1S/C20H30O7/c1-13(2)10-15-17(23-3)18(24-4)19(20(27-15)26-12-16(21)22)25-11-14-8-6-5-7-9-14/h5-9,13,15,17-20H,10-12H2,1-4H3,(H,21,22)/t15-,17-,18+,19+,20-/m1/s1. The van der Waals surface area contributed by atoms with E-state index >= 15 is 0 Å². The van der Waals surface area contributed by atoms with E-state index in [1.165, 1.54) is 0 Å². The van der Waals surface area contributed by atoms with Crippen molar-refractivity contribution in [1.29, 1.82) is 0 Å². The summed E-state index contributed by atoms with van der Waals surface area (Å²) in [4.78, 5) is 11.0. The summed E-state index contributed by atoms with van der Waals surface area (Å²) in [5, 5.41) is 8.99. The number of benzene rings is 1. The van der Waals surface area contributed by atoms with Gasteiger partial charge in [0.2, 0.25) is 0 Å². The summed E-state index contributed by atoms with van der Waals surface area (Å²) in [7, 11) is 3.20. The van der Waals surface area contributed by atoms with Gasteiger partial charge in [0.15, 0.2) is 6.29 Å². The molecule has 27 heavy (non-hydrogen) atoms. The molecule has 0 amide bonds. The fourth-order valence-electron chi connectivity index (χ4n) is 3.32. The summed E-state index contributed by atoms with van der Waals surface area (Å²) < 4.78 is 29.0. The molecule has 0 aromatic heterocycles. The molecule has 1 N–H and O–H groups in total. The van der Waals surface area contributed by atoms with Gasteiger partial charge in [-0.15, -0.1) is 0 Å². The lowest BCUT2D eigenvalue weighted by molar-refractivity contribution is -0.315. The summed E-state index contributed by atoms with van der Waals surface area (Å²) in [5.74, 6) is -0.698. The Labute approximate surface area is 160 Å². The molecule has 1 heterocycles. The second-order valence-corrected chi connectivity index (χ2v) is 7.04. The third-order valence-corrected chi connectivity index (χ3v) is 4.50. The van der Waals surface area contributed by atoms with E-state index in [0.717, 1.165) is 12.0 Å². The van der Waals surface area contributed by atoms with Crippen LogP contribution >= 0.6 is 0 Å². The fourth-order valence-corrected chi connectivity index (χ4v) is 3.32. The molecule has 1 aromatic carbocycles. The quantitative estimate of drug-likeness (QED) is 0.665. The predicted octanol–water partition coefficient (Wildman–Crippen LogP) is 2.47. The van der Waals surface area contributed by atoms with E-state index < -0.39 is 31.1 Å². The number of carbonyl (C=O) groups is 1. The molecule has 1 aliphatic rings. The molecule has 1 aliphatic heterocycles. The van der Waals surface area contributed by atoms with Crippen LogP contribution < -0.4 is 0 Å². The van der Waals surface area contributed by atoms with Crippen molar-refractivity contribution in [3.8, 4) is 0 Å². The van der Waals surface area contributed by atoms with E-state index in [2.05, 4.69) is 13.8 Å². The molecule has 1 fully saturated rings. The minimum atomic E-state index is -1.07. The zero-order chi connectivity index (χ0) is 19.8. The minimum absolute atomic E-state index is 0.282. The van der Waals surface area contributed by atoms with E-state index in [0.29, 0.717) is 12.5 Å². The largest absolute Gasteiger partial charge is 0.480 e. The molecule has 1 saturated heterocycles. The Morgan fingerprint density at radius 3 is 2.30 bits per heavy atom. The highest BCUT2D eigenvalue weighted by molar-refractivity contribution is 5.68. The van der Waals surface area contributed by atoms with Gasteiger partial charge in [-0.1, -0.05) is 44.2 Å². The summed E-state index contributed by atoms with van der Waals surface area (Å²) in [5.41, 5.74) is 0.989. The van der Waals surface area contributed by atoms with E-state index in [4.69, 9.17) is 28.8 Å². The Morgan fingerprint density at radius 1 is 1.07 bits per heavy atom. The van der Waals surface area contributed by atoms with Gasteiger partial charge in [-0.2, -0.15) is 0 Å². The Hall–Kier alpha value is -1.51. The van der Waals surface area contributed by atoms with Gasteiger partial charge in [0.05, 0.1) is 12.7 Å². The van der Waals surface area contributed by atoms with Crippen LogP contribution in [-0.2, 0) is 35.1 Å². The van der Waals surface area contributed by atoms with Crippen LogP contribution in [0.2, 0.25) is 0 Å². The van der Waals surface area contributed by atoms with Crippen molar-refractivity contribution in [2.24, 2.45) is 5.92 Å². The lowest BCUT2D eigenvalue weighted by atomic mass is 9.92. The van der Waals surface area contributed by atoms with Crippen molar-refractivity contribution < 1.29 is 33.6 Å². The Kier molecular flexibility index (Phi) is 8.66. The SMILES string of the molecule is CO[C@@H]1[C@H](OCc2ccccc2)[C@H](OCC(=O)O)O[C@H](CC(C)C)[C@H]1OC. The molecule has 0 spiro atoms. The maximum absolute atomic E-state index is 11.0. The molecule has 2 rings (SSSR count). The van der Waals surface area contributed by atoms with Gasteiger partial charge in [0.25, 0.3) is 0 Å². The van der Waals surface area contributed by atoms with Crippen LogP contribution in [0.25, 0.3) is 0 Å². The first-order chi connectivity index (χ1) is 13.0. The number of ether oxygens (including phenoxy) is 5. The topological polar surface area (TPSA) is 83.5 Å². The molecule has 1 aromatic rings. The van der Waals surface area contributed by atoms with Crippen LogP contribution in [0.5, 0.6) is 0 Å². The molecular formula is C20H30O7. The Morgan fingerprint density at radius 2 is 1.74 bits per heavy atom. The van der Waals surface area contributed by atoms with Crippen LogP contribution in [0.15, 0.2) is 30.3 Å². The maximum atomic E-state index is 11.0. The third-order valence-electron chi connectivity index (χ3n) is 4.50. The summed E-state index contributed by atoms with van der Waals surface area (Å²) >= 11 is 0. The molecule has 0 saturated carbocycles. The molecule has 152 valence electrons. The lowest BCUT2D eigenvalue weighted by Gasteiger charge is -2.45. The molecule has 0 unspecified atom stereocenters. The predicted molar refractivity (Wildman–Crippen MR) is 98.3 cm³/mol. The monoisotopic (exact) mass is 382 g/mol. The number of hydrogen-bond acceptors (Lipinski definition) is 6. The van der Waals surface area contributed by atoms with Crippen molar-refractivity contribution in [3.63, 3.8) is 0 Å². The first-order valence-electron chi connectivity index (χ1n) is 9.16. The maximum Gasteiger partial charge on any atom is 0.329 e. The van der Waals surface area contributed by atoms with Crippen LogP contribution in [0.1, 0.15) is 25.8 Å². The van der Waals surface area contributed by atoms with E-state index in [1.54, 1.807) is 14.2 Å². The average Bonchev–Trinajstić information content (AvgIpc) is 2.64. The zero-order valence-corrected chi connectivity index (χ0v) is 16.4. The summed E-state index contributed by atoms with van der Waals surface area (Å²) in [6, 6.07) is 9.70. The van der Waals surface area contributed by atoms with Gasteiger partial charge in [-0.25, -0.2) is 4.79 Å². The number of carboxylic acids is 1. The van der Waals surface area contributed by atoms with Gasteiger partial charge in [-0.05, 0) is 17.9 Å². The first-order valence-corrected chi connectivity index (χ1v) is 9.16. The van der Waals surface area contributed by atoms with Crippen LogP contribution in [-0.4, -0.2) is 62.6 Å². The Bertz CT molecular complexity index is 563. The number of methoxy groups -OCH3 is 2. The normalized spacial score (nSPS) is 28.4. The second-order valence-electron chi connectivity index (χ2n) is 7.04. The van der Waals surface area contributed by atoms with Crippen molar-refractivity contribution in [3.05, 3.63) is 35.9 Å². The molecule has 0 bridgehead atoms. The first kappa shape index (κ1) is 21.8. The fraction of sp³-hybridized carbons (Fsp3) is 0.650. The highest BCUT2D eigenvalue weighted by Crippen LogP contribution is 2.31. The number of aliphatic carboxylic acids is 1. The summed E-state index contributed by atoms with van der Waals surface area (Å²) in [6.45, 7) is 4.03. The number of rotatable bonds is 10. The molecule has 7 heteroatoms. The van der Waals surface area contributed by atoms with Crippen molar-refractivity contribution in [2.45, 2.75) is 57.6 Å². The van der Waals surface area contributed by atoms with Crippen LogP contribution in [0.4, 0.5) is 0 Å². The lowest BCUT2D eigenvalue weighted by Crippen LogP contribution is -2.60. The molecule has 0 radical (unpaired) electrons. The van der Waals surface area contributed by atoms with Gasteiger partial charge in [0.1, 0.15) is 24.9 Å². The molecule has 5 atom stereocenters. The number of hydrogen-bond donors (Lipinski definition) is 1. The molecule has 7 nitrogen and oxygen atoms in total. The van der Waals surface area contributed by atoms with E-state index in [9.17, 15) is 4.79 Å². The smallest absolute Gasteiger partial charge is 0.329 e. The highest BCUT2D eigenvalue weighted by Gasteiger charge is 2.48. The molecular weight excluding hydrogens is 352 g/mol. The molecule has 0 aliphatic carbocycles. The third kappa shape index (κ3) is 6.26. The minimum Gasteiger partial charge on any atom is -0.480 e. The van der Waals surface area contributed by atoms with Crippen molar-refractivity contribution >= 4 is 5.97 Å². The zero-order valence-electron chi connectivity index (χ0n) is 16.4. The number of carboxylic acid groups (broad SMARTS) is 1. The van der Waals surface area contributed by atoms with Gasteiger partial charge < -0.3 is 28.8 Å². The van der Waals surface area contributed by atoms with Gasteiger partial charge >= 0.3 is 5.97 Å². The van der Waals surface area contributed by atoms with Crippen molar-refractivity contribution in [1.82, 2.24) is 0 Å². The van der Waals surface area contributed by atoms with Crippen LogP contribution in [0.3, 0.4) is 0 Å². The van der Waals surface area contributed by atoms with E-state index in [-0.39, 0.29) is 12.2 Å². The van der Waals surface area contributed by atoms with Crippen LogP contribution in [0, 0.1) is 5.92 Å².